The number of fused-ring (bicyclic) bond motifs is 1. The van der Waals surface area contributed by atoms with Crippen LogP contribution in [0.3, 0.4) is 0 Å². The van der Waals surface area contributed by atoms with E-state index in [1.54, 1.807) is 24.3 Å². The van der Waals surface area contributed by atoms with Gasteiger partial charge in [-0.05, 0) is 45.8 Å². The molecule has 1 aliphatic heterocycles. The van der Waals surface area contributed by atoms with Crippen molar-refractivity contribution in [3.8, 4) is 11.5 Å². The lowest BCUT2D eigenvalue weighted by atomic mass is 10.1. The van der Waals surface area contributed by atoms with Crippen LogP contribution in [0.25, 0.3) is 0 Å². The molecule has 0 fully saturated rings. The monoisotopic (exact) mass is 353 g/mol. The second kappa shape index (κ2) is 5.91. The van der Waals surface area contributed by atoms with Crippen LogP contribution in [0, 0.1) is 5.82 Å². The average molecular weight is 354 g/mol. The highest BCUT2D eigenvalue weighted by Crippen LogP contribution is 2.41. The predicted molar refractivity (Wildman–Crippen MR) is 80.1 cm³/mol. The van der Waals surface area contributed by atoms with E-state index in [1.807, 2.05) is 6.07 Å². The zero-order chi connectivity index (χ0) is 14.8. The summed E-state index contributed by atoms with van der Waals surface area (Å²) >= 11 is 3.41. The van der Waals surface area contributed by atoms with Gasteiger partial charge in [-0.2, -0.15) is 0 Å². The van der Waals surface area contributed by atoms with Gasteiger partial charge in [-0.25, -0.2) is 4.39 Å². The Hall–Kier alpha value is -1.79. The predicted octanol–water partition coefficient (Wildman–Crippen LogP) is 3.46. The molecule has 2 N–H and O–H groups in total. The van der Waals surface area contributed by atoms with Gasteiger partial charge in [0, 0.05) is 0 Å². The number of aliphatic hydroxyl groups excluding tert-OH is 1. The molecule has 1 aliphatic rings. The molecular formula is C15H13BrFNO3. The Morgan fingerprint density at radius 2 is 2.10 bits per heavy atom. The smallest absolute Gasteiger partial charge is 0.231 e. The van der Waals surface area contributed by atoms with Crippen molar-refractivity contribution in [2.45, 2.75) is 6.04 Å². The van der Waals surface area contributed by atoms with Crippen LogP contribution in [0.4, 0.5) is 10.1 Å². The van der Waals surface area contributed by atoms with E-state index in [-0.39, 0.29) is 19.2 Å². The van der Waals surface area contributed by atoms with Gasteiger partial charge >= 0.3 is 0 Å². The molecule has 21 heavy (non-hydrogen) atoms. The molecular weight excluding hydrogens is 341 g/mol. The number of aliphatic hydroxyl groups is 1. The van der Waals surface area contributed by atoms with Crippen molar-refractivity contribution in [1.29, 1.82) is 0 Å². The first-order chi connectivity index (χ1) is 10.2. The summed E-state index contributed by atoms with van der Waals surface area (Å²) in [5.74, 6) is 0.880. The van der Waals surface area contributed by atoms with Gasteiger partial charge in [0.25, 0.3) is 0 Å². The topological polar surface area (TPSA) is 50.7 Å². The largest absolute Gasteiger partial charge is 0.454 e. The number of halogens is 2. The van der Waals surface area contributed by atoms with Crippen LogP contribution in [0.2, 0.25) is 0 Å². The summed E-state index contributed by atoms with van der Waals surface area (Å²) in [5, 5.41) is 12.6. The lowest BCUT2D eigenvalue weighted by molar-refractivity contribution is 0.173. The number of ether oxygens (including phenoxy) is 2. The van der Waals surface area contributed by atoms with E-state index in [2.05, 4.69) is 21.2 Å². The SMILES string of the molecule is OCC(Nc1ccccc1F)c1cc(Br)c2c(c1)OCO2. The third-order valence-electron chi connectivity index (χ3n) is 3.24. The average Bonchev–Trinajstić information content (AvgIpc) is 2.95. The summed E-state index contributed by atoms with van der Waals surface area (Å²) in [5.41, 5.74) is 1.11. The fraction of sp³-hybridized carbons (Fsp3) is 0.200. The summed E-state index contributed by atoms with van der Waals surface area (Å²) in [6.45, 7) is -0.0116. The van der Waals surface area contributed by atoms with Gasteiger partial charge in [0.1, 0.15) is 5.82 Å². The maximum atomic E-state index is 13.7. The van der Waals surface area contributed by atoms with Crippen molar-refractivity contribution < 1.29 is 19.0 Å². The molecule has 0 spiro atoms. The quantitative estimate of drug-likeness (QED) is 0.883. The highest BCUT2D eigenvalue weighted by molar-refractivity contribution is 9.10. The Bertz CT molecular complexity index is 665. The molecule has 0 radical (unpaired) electrons. The van der Waals surface area contributed by atoms with Gasteiger partial charge in [-0.1, -0.05) is 12.1 Å². The molecule has 0 bridgehead atoms. The summed E-state index contributed by atoms with van der Waals surface area (Å²) in [4.78, 5) is 0. The van der Waals surface area contributed by atoms with E-state index in [1.165, 1.54) is 6.07 Å². The number of hydrogen-bond acceptors (Lipinski definition) is 4. The van der Waals surface area contributed by atoms with E-state index in [9.17, 15) is 9.50 Å². The molecule has 1 unspecified atom stereocenters. The van der Waals surface area contributed by atoms with Crippen molar-refractivity contribution >= 4 is 21.6 Å². The van der Waals surface area contributed by atoms with E-state index >= 15 is 0 Å². The first-order valence-corrected chi connectivity index (χ1v) is 7.19. The minimum atomic E-state index is -0.451. The van der Waals surface area contributed by atoms with Crippen LogP contribution in [-0.2, 0) is 0 Å². The normalized spacial score (nSPS) is 14.0. The Morgan fingerprint density at radius 1 is 1.29 bits per heavy atom. The van der Waals surface area contributed by atoms with Gasteiger partial charge in [-0.3, -0.25) is 0 Å². The summed E-state index contributed by atoms with van der Waals surface area (Å²) in [6, 6.07) is 9.49. The minimum Gasteiger partial charge on any atom is -0.454 e. The molecule has 1 atom stereocenters. The highest BCUT2D eigenvalue weighted by atomic mass is 79.9. The van der Waals surface area contributed by atoms with Crippen LogP contribution < -0.4 is 14.8 Å². The maximum absolute atomic E-state index is 13.7. The summed E-state index contributed by atoms with van der Waals surface area (Å²) in [6.07, 6.45) is 0. The molecule has 2 aromatic carbocycles. The molecule has 1 heterocycles. The number of benzene rings is 2. The molecule has 0 saturated carbocycles. The Morgan fingerprint density at radius 3 is 2.86 bits per heavy atom. The van der Waals surface area contributed by atoms with Crippen LogP contribution in [-0.4, -0.2) is 18.5 Å². The van der Waals surface area contributed by atoms with E-state index in [0.29, 0.717) is 17.2 Å². The van der Waals surface area contributed by atoms with E-state index in [4.69, 9.17) is 9.47 Å². The Kier molecular flexibility index (Phi) is 3.98. The molecule has 6 heteroatoms. The first kappa shape index (κ1) is 14.2. The second-order valence-corrected chi connectivity index (χ2v) is 5.45. The highest BCUT2D eigenvalue weighted by Gasteiger charge is 2.21. The molecule has 0 aromatic heterocycles. The third kappa shape index (κ3) is 2.82. The lowest BCUT2D eigenvalue weighted by Crippen LogP contribution is -2.15. The van der Waals surface area contributed by atoms with Gasteiger partial charge < -0.3 is 19.9 Å². The van der Waals surface area contributed by atoms with Crippen LogP contribution >= 0.6 is 15.9 Å². The van der Waals surface area contributed by atoms with E-state index < -0.39 is 6.04 Å². The first-order valence-electron chi connectivity index (χ1n) is 6.40. The van der Waals surface area contributed by atoms with Gasteiger partial charge in [0.05, 0.1) is 22.8 Å². The van der Waals surface area contributed by atoms with Crippen molar-refractivity contribution in [1.82, 2.24) is 0 Å². The van der Waals surface area contributed by atoms with Crippen LogP contribution in [0.5, 0.6) is 11.5 Å². The van der Waals surface area contributed by atoms with E-state index in [0.717, 1.165) is 10.0 Å². The molecule has 110 valence electrons. The number of rotatable bonds is 4. The fourth-order valence-electron chi connectivity index (χ4n) is 2.19. The maximum Gasteiger partial charge on any atom is 0.231 e. The van der Waals surface area contributed by atoms with Gasteiger partial charge in [-0.15, -0.1) is 0 Å². The Labute approximate surface area is 129 Å². The fourth-order valence-corrected chi connectivity index (χ4v) is 2.76. The van der Waals surface area contributed by atoms with Gasteiger partial charge in [0.15, 0.2) is 11.5 Å². The number of nitrogens with one attached hydrogen (secondary N) is 1. The standard InChI is InChI=1S/C15H13BrFNO3/c16-10-5-9(6-14-15(10)21-8-20-14)13(7-19)18-12-4-2-1-3-11(12)17/h1-6,13,18-19H,7-8H2. The Balaban J connectivity index is 1.90. The van der Waals surface area contributed by atoms with Crippen molar-refractivity contribution in [3.63, 3.8) is 0 Å². The summed E-state index contributed by atoms with van der Waals surface area (Å²) in [7, 11) is 0. The summed E-state index contributed by atoms with van der Waals surface area (Å²) < 4.78 is 25.1. The van der Waals surface area contributed by atoms with Crippen molar-refractivity contribution in [2.75, 3.05) is 18.7 Å². The molecule has 0 saturated heterocycles. The van der Waals surface area contributed by atoms with Crippen LogP contribution in [0.15, 0.2) is 40.9 Å². The second-order valence-electron chi connectivity index (χ2n) is 4.60. The number of anilines is 1. The van der Waals surface area contributed by atoms with Crippen LogP contribution in [0.1, 0.15) is 11.6 Å². The van der Waals surface area contributed by atoms with Crippen molar-refractivity contribution in [3.05, 3.63) is 52.3 Å². The molecule has 0 amide bonds. The van der Waals surface area contributed by atoms with Gasteiger partial charge in [0.2, 0.25) is 6.79 Å². The lowest BCUT2D eigenvalue weighted by Gasteiger charge is -2.19. The van der Waals surface area contributed by atoms with Crippen molar-refractivity contribution in [2.24, 2.45) is 0 Å². The third-order valence-corrected chi connectivity index (χ3v) is 3.83. The molecule has 2 aromatic rings. The zero-order valence-corrected chi connectivity index (χ0v) is 12.6. The molecule has 4 nitrogen and oxygen atoms in total. The number of hydrogen-bond donors (Lipinski definition) is 2. The minimum absolute atomic E-state index is 0.169. The number of para-hydroxylation sites is 1. The zero-order valence-electron chi connectivity index (χ0n) is 11.0. The molecule has 3 rings (SSSR count). The molecule has 0 aliphatic carbocycles.